The maximum absolute atomic E-state index is 10.5. The molecule has 1 fully saturated rings. The molecule has 6 N–H and O–H groups in total. The summed E-state index contributed by atoms with van der Waals surface area (Å²) in [5.41, 5.74) is 5.52. The number of nitrogens with zero attached hydrogens (tertiary/aromatic N) is 2. The van der Waals surface area contributed by atoms with Gasteiger partial charge in [0.1, 0.15) is 24.9 Å². The minimum absolute atomic E-state index is 0.146. The lowest BCUT2D eigenvalue weighted by molar-refractivity contribution is -0.137. The molecule has 4 atom stereocenters. The second-order valence-electron chi connectivity index (χ2n) is 3.97. The Kier molecular flexibility index (Phi) is 4.84. The molecule has 0 radical (unpaired) electrons. The molecule has 0 bridgehead atoms. The van der Waals surface area contributed by atoms with Crippen molar-refractivity contribution >= 4 is 11.9 Å². The highest BCUT2D eigenvalue weighted by Gasteiger charge is 2.42. The number of likely N-dealkylation sites (N-methyl/N-ethyl adjacent to an activating group) is 1. The first-order valence-electron chi connectivity index (χ1n) is 5.25. The van der Waals surface area contributed by atoms with E-state index in [1.54, 1.807) is 0 Å². The number of aliphatic carboxylic acids is 1. The monoisotopic (exact) mass is 263 g/mol. The van der Waals surface area contributed by atoms with Crippen molar-refractivity contribution < 1.29 is 30.0 Å². The molecule has 9 nitrogen and oxygen atoms in total. The number of carboxylic acid groups (broad SMARTS) is 1. The summed E-state index contributed by atoms with van der Waals surface area (Å²) in [5, 5.41) is 36.5. The molecule has 0 saturated carbocycles. The summed E-state index contributed by atoms with van der Waals surface area (Å²) in [6.07, 6.45) is -4.65. The van der Waals surface area contributed by atoms with Gasteiger partial charge in [0, 0.05) is 7.05 Å². The molecular formula is C9H17N3O6. The van der Waals surface area contributed by atoms with E-state index in [1.807, 2.05) is 0 Å². The molecule has 0 aromatic carbocycles. The summed E-state index contributed by atoms with van der Waals surface area (Å²) < 4.78 is 5.07. The van der Waals surface area contributed by atoms with Gasteiger partial charge in [-0.25, -0.2) is 4.99 Å². The Morgan fingerprint density at radius 1 is 1.44 bits per heavy atom. The highest BCUT2D eigenvalue weighted by molar-refractivity contribution is 5.82. The standard InChI is InChI=1S/C9H17N3O6/c1-12(2-5(14)15)9(10)11-8-7(17)6(16)4(3-13)18-8/h4,6-8,13,16-17H,2-3H2,1H3,(H2,10,11)(H,14,15)/t4?,6-,7-,8?/m1/s1. The van der Waals surface area contributed by atoms with Gasteiger partial charge in [-0.1, -0.05) is 0 Å². The second kappa shape index (κ2) is 5.96. The van der Waals surface area contributed by atoms with Crippen LogP contribution in [0.4, 0.5) is 0 Å². The Labute approximate surface area is 103 Å². The Hall–Kier alpha value is -1.42. The predicted octanol–water partition coefficient (Wildman–Crippen LogP) is -3.24. The molecule has 1 saturated heterocycles. The van der Waals surface area contributed by atoms with Crippen molar-refractivity contribution in [1.29, 1.82) is 0 Å². The number of hydrogen-bond donors (Lipinski definition) is 5. The average molecular weight is 263 g/mol. The van der Waals surface area contributed by atoms with Gasteiger partial charge in [0.25, 0.3) is 0 Å². The number of carbonyl (C=O) groups is 1. The molecule has 2 unspecified atom stereocenters. The van der Waals surface area contributed by atoms with E-state index in [4.69, 9.17) is 20.7 Å². The van der Waals surface area contributed by atoms with Gasteiger partial charge in [0.2, 0.25) is 0 Å². The Morgan fingerprint density at radius 3 is 2.50 bits per heavy atom. The molecule has 1 heterocycles. The third kappa shape index (κ3) is 3.29. The van der Waals surface area contributed by atoms with Gasteiger partial charge in [0.05, 0.1) is 6.61 Å². The first-order valence-corrected chi connectivity index (χ1v) is 5.25. The molecule has 18 heavy (non-hydrogen) atoms. The van der Waals surface area contributed by atoms with Crippen molar-refractivity contribution in [2.75, 3.05) is 20.2 Å². The molecule has 0 aromatic heterocycles. The maximum Gasteiger partial charge on any atom is 0.323 e. The second-order valence-corrected chi connectivity index (χ2v) is 3.97. The number of ether oxygens (including phenoxy) is 1. The summed E-state index contributed by atoms with van der Waals surface area (Å²) in [6.45, 7) is -0.820. The number of rotatable bonds is 4. The van der Waals surface area contributed by atoms with E-state index in [0.29, 0.717) is 0 Å². The number of guanidine groups is 1. The fraction of sp³-hybridized carbons (Fsp3) is 0.778. The number of carboxylic acids is 1. The van der Waals surface area contributed by atoms with Crippen molar-refractivity contribution in [3.8, 4) is 0 Å². The van der Waals surface area contributed by atoms with Crippen LogP contribution in [0.3, 0.4) is 0 Å². The van der Waals surface area contributed by atoms with Crippen molar-refractivity contribution in [2.24, 2.45) is 10.7 Å². The van der Waals surface area contributed by atoms with Gasteiger partial charge < -0.3 is 35.8 Å². The van der Waals surface area contributed by atoms with Crippen LogP contribution in [0.5, 0.6) is 0 Å². The minimum atomic E-state index is -1.32. The van der Waals surface area contributed by atoms with Crippen LogP contribution in [-0.2, 0) is 9.53 Å². The average Bonchev–Trinajstić information content (AvgIpc) is 2.56. The first kappa shape index (κ1) is 14.6. The van der Waals surface area contributed by atoms with Crippen LogP contribution in [0, 0.1) is 0 Å². The minimum Gasteiger partial charge on any atom is -0.480 e. The number of aliphatic hydroxyl groups excluding tert-OH is 3. The summed E-state index contributed by atoms with van der Waals surface area (Å²) in [6, 6.07) is 0. The van der Waals surface area contributed by atoms with Crippen LogP contribution >= 0.6 is 0 Å². The van der Waals surface area contributed by atoms with Gasteiger partial charge in [-0.15, -0.1) is 0 Å². The zero-order valence-corrected chi connectivity index (χ0v) is 9.80. The maximum atomic E-state index is 10.5. The Balaban J connectivity index is 2.68. The molecule has 0 spiro atoms. The predicted molar refractivity (Wildman–Crippen MR) is 59.6 cm³/mol. The third-order valence-corrected chi connectivity index (χ3v) is 2.54. The van der Waals surface area contributed by atoms with E-state index in [9.17, 15) is 15.0 Å². The zero-order valence-electron chi connectivity index (χ0n) is 9.80. The van der Waals surface area contributed by atoms with Gasteiger partial charge in [-0.05, 0) is 0 Å². The van der Waals surface area contributed by atoms with Crippen LogP contribution in [0.25, 0.3) is 0 Å². The highest BCUT2D eigenvalue weighted by Crippen LogP contribution is 2.21. The quantitative estimate of drug-likeness (QED) is 0.262. The SMILES string of the molecule is CN(CC(=O)O)C(N)=NC1OC(CO)[C@@H](O)[C@H]1O. The van der Waals surface area contributed by atoms with Crippen molar-refractivity contribution in [3.63, 3.8) is 0 Å². The van der Waals surface area contributed by atoms with Crippen LogP contribution in [0.15, 0.2) is 4.99 Å². The van der Waals surface area contributed by atoms with Gasteiger partial charge in [-0.3, -0.25) is 4.79 Å². The normalized spacial score (nSPS) is 32.6. The lowest BCUT2D eigenvalue weighted by Crippen LogP contribution is -2.40. The molecule has 104 valence electrons. The van der Waals surface area contributed by atoms with Crippen molar-refractivity contribution in [3.05, 3.63) is 0 Å². The van der Waals surface area contributed by atoms with Crippen LogP contribution in [0.1, 0.15) is 0 Å². The lowest BCUT2D eigenvalue weighted by Gasteiger charge is -2.18. The molecule has 0 aliphatic carbocycles. The third-order valence-electron chi connectivity index (χ3n) is 2.54. The first-order chi connectivity index (χ1) is 8.36. The topological polar surface area (TPSA) is 149 Å². The molecular weight excluding hydrogens is 246 g/mol. The van der Waals surface area contributed by atoms with E-state index in [2.05, 4.69) is 4.99 Å². The summed E-state index contributed by atoms with van der Waals surface area (Å²) in [5.74, 6) is -1.23. The Bertz CT molecular complexity index is 336. The van der Waals surface area contributed by atoms with Gasteiger partial charge >= 0.3 is 5.97 Å². The summed E-state index contributed by atoms with van der Waals surface area (Å²) >= 11 is 0. The number of hydrogen-bond acceptors (Lipinski definition) is 6. The Morgan fingerprint density at radius 2 is 2.06 bits per heavy atom. The molecule has 9 heteroatoms. The fourth-order valence-corrected chi connectivity index (χ4v) is 1.50. The highest BCUT2D eigenvalue weighted by atomic mass is 16.6. The number of aliphatic imine (C=N–C) groups is 1. The van der Waals surface area contributed by atoms with Crippen molar-refractivity contribution in [1.82, 2.24) is 4.90 Å². The van der Waals surface area contributed by atoms with Crippen LogP contribution in [-0.4, -0.2) is 82.0 Å². The smallest absolute Gasteiger partial charge is 0.323 e. The van der Waals surface area contributed by atoms with E-state index >= 15 is 0 Å². The summed E-state index contributed by atoms with van der Waals surface area (Å²) in [4.78, 5) is 15.4. The van der Waals surface area contributed by atoms with E-state index in [0.717, 1.165) is 4.90 Å². The molecule has 0 aromatic rings. The van der Waals surface area contributed by atoms with E-state index < -0.39 is 37.1 Å². The van der Waals surface area contributed by atoms with E-state index in [1.165, 1.54) is 7.05 Å². The summed E-state index contributed by atoms with van der Waals surface area (Å²) in [7, 11) is 1.41. The van der Waals surface area contributed by atoms with E-state index in [-0.39, 0.29) is 12.5 Å². The molecule has 1 rings (SSSR count). The zero-order chi connectivity index (χ0) is 13.9. The van der Waals surface area contributed by atoms with Crippen molar-refractivity contribution in [2.45, 2.75) is 24.5 Å². The van der Waals surface area contributed by atoms with Crippen LogP contribution < -0.4 is 5.73 Å². The van der Waals surface area contributed by atoms with Crippen LogP contribution in [0.2, 0.25) is 0 Å². The molecule has 0 amide bonds. The largest absolute Gasteiger partial charge is 0.480 e. The number of aliphatic hydroxyl groups is 3. The number of nitrogens with two attached hydrogens (primary N) is 1. The molecule has 1 aliphatic rings. The molecule has 1 aliphatic heterocycles. The lowest BCUT2D eigenvalue weighted by atomic mass is 10.1. The fourth-order valence-electron chi connectivity index (χ4n) is 1.50. The van der Waals surface area contributed by atoms with Gasteiger partial charge in [0.15, 0.2) is 12.2 Å². The van der Waals surface area contributed by atoms with Gasteiger partial charge in [-0.2, -0.15) is 0 Å².